The van der Waals surface area contributed by atoms with Gasteiger partial charge in [0.05, 0.1) is 12.1 Å². The molecule has 0 aromatic carbocycles. The number of aliphatic hydroxyl groups excluding tert-OH is 1. The SMILES string of the molecule is CC#CC(=O)NC1CCCC1O. The highest BCUT2D eigenvalue weighted by atomic mass is 16.3. The molecule has 1 aliphatic carbocycles. The second-order valence-electron chi connectivity index (χ2n) is 2.95. The molecule has 1 saturated carbocycles. The minimum atomic E-state index is -0.382. The molecule has 0 radical (unpaired) electrons. The van der Waals surface area contributed by atoms with Gasteiger partial charge < -0.3 is 10.4 Å². The van der Waals surface area contributed by atoms with Gasteiger partial charge in [-0.05, 0) is 32.1 Å². The topological polar surface area (TPSA) is 49.3 Å². The first kappa shape index (κ1) is 9.08. The number of carbonyl (C=O) groups is 1. The van der Waals surface area contributed by atoms with Crippen LogP contribution in [0.15, 0.2) is 0 Å². The quantitative estimate of drug-likeness (QED) is 0.542. The summed E-state index contributed by atoms with van der Waals surface area (Å²) in [5, 5.41) is 12.0. The van der Waals surface area contributed by atoms with Crippen molar-refractivity contribution in [3.8, 4) is 11.8 Å². The van der Waals surface area contributed by atoms with Crippen molar-refractivity contribution in [2.75, 3.05) is 0 Å². The van der Waals surface area contributed by atoms with Crippen LogP contribution in [-0.4, -0.2) is 23.2 Å². The molecule has 2 unspecified atom stereocenters. The van der Waals surface area contributed by atoms with Gasteiger partial charge >= 0.3 is 0 Å². The Balaban J connectivity index is 2.38. The molecule has 2 atom stereocenters. The number of aliphatic hydroxyl groups is 1. The van der Waals surface area contributed by atoms with Crippen LogP contribution in [0.3, 0.4) is 0 Å². The van der Waals surface area contributed by atoms with Crippen molar-refractivity contribution in [3.63, 3.8) is 0 Å². The minimum absolute atomic E-state index is 0.0849. The van der Waals surface area contributed by atoms with Crippen LogP contribution in [-0.2, 0) is 4.79 Å². The summed E-state index contributed by atoms with van der Waals surface area (Å²) in [4.78, 5) is 10.9. The summed E-state index contributed by atoms with van der Waals surface area (Å²) in [6.45, 7) is 1.62. The lowest BCUT2D eigenvalue weighted by Gasteiger charge is -2.13. The molecule has 0 bridgehead atoms. The van der Waals surface area contributed by atoms with Gasteiger partial charge in [0, 0.05) is 0 Å². The lowest BCUT2D eigenvalue weighted by Crippen LogP contribution is -2.39. The molecule has 66 valence electrons. The highest BCUT2D eigenvalue weighted by Gasteiger charge is 2.25. The molecule has 2 N–H and O–H groups in total. The molecule has 0 saturated heterocycles. The van der Waals surface area contributed by atoms with E-state index in [1.165, 1.54) is 0 Å². The number of amides is 1. The largest absolute Gasteiger partial charge is 0.391 e. The number of hydrogen-bond donors (Lipinski definition) is 2. The standard InChI is InChI=1S/C9H13NO2/c1-2-4-9(12)10-7-5-3-6-8(7)11/h7-8,11H,3,5-6H2,1H3,(H,10,12). The van der Waals surface area contributed by atoms with Gasteiger partial charge in [-0.3, -0.25) is 4.79 Å². The summed E-state index contributed by atoms with van der Waals surface area (Å²) in [5.41, 5.74) is 0. The Morgan fingerprint density at radius 2 is 2.33 bits per heavy atom. The molecule has 0 aromatic rings. The summed E-state index contributed by atoms with van der Waals surface area (Å²) in [5.74, 6) is 4.61. The summed E-state index contributed by atoms with van der Waals surface area (Å²) in [7, 11) is 0. The van der Waals surface area contributed by atoms with E-state index in [9.17, 15) is 9.90 Å². The van der Waals surface area contributed by atoms with Gasteiger partial charge in [0.1, 0.15) is 0 Å². The Bertz CT molecular complexity index is 226. The summed E-state index contributed by atoms with van der Waals surface area (Å²) < 4.78 is 0. The molecule has 1 amide bonds. The van der Waals surface area contributed by atoms with Crippen LogP contribution in [0.2, 0.25) is 0 Å². The molecule has 12 heavy (non-hydrogen) atoms. The Hall–Kier alpha value is -1.01. The minimum Gasteiger partial charge on any atom is -0.391 e. The van der Waals surface area contributed by atoms with Crippen LogP contribution < -0.4 is 5.32 Å². The highest BCUT2D eigenvalue weighted by molar-refractivity contribution is 5.93. The van der Waals surface area contributed by atoms with Crippen LogP contribution in [0.25, 0.3) is 0 Å². The third-order valence-corrected chi connectivity index (χ3v) is 2.03. The van der Waals surface area contributed by atoms with Crippen molar-refractivity contribution >= 4 is 5.91 Å². The maximum atomic E-state index is 10.9. The average molecular weight is 167 g/mol. The molecule has 3 nitrogen and oxygen atoms in total. The molecule has 1 rings (SSSR count). The van der Waals surface area contributed by atoms with Crippen LogP contribution >= 0.6 is 0 Å². The first-order valence-electron chi connectivity index (χ1n) is 4.15. The first-order chi connectivity index (χ1) is 5.74. The van der Waals surface area contributed by atoms with Crippen LogP contribution in [0.5, 0.6) is 0 Å². The third-order valence-electron chi connectivity index (χ3n) is 2.03. The van der Waals surface area contributed by atoms with E-state index in [0.29, 0.717) is 0 Å². The predicted octanol–water partition coefficient (Wildman–Crippen LogP) is 0.0393. The Morgan fingerprint density at radius 1 is 1.58 bits per heavy atom. The number of rotatable bonds is 1. The van der Waals surface area contributed by atoms with Gasteiger partial charge in [0.15, 0.2) is 0 Å². The lowest BCUT2D eigenvalue weighted by atomic mass is 10.2. The molecule has 0 aliphatic heterocycles. The van der Waals surface area contributed by atoms with E-state index in [0.717, 1.165) is 19.3 Å². The van der Waals surface area contributed by atoms with Gasteiger partial charge in [0.25, 0.3) is 5.91 Å². The van der Waals surface area contributed by atoms with E-state index >= 15 is 0 Å². The van der Waals surface area contributed by atoms with E-state index in [-0.39, 0.29) is 18.1 Å². The summed E-state index contributed by atoms with van der Waals surface area (Å²) in [6.07, 6.45) is 2.24. The second-order valence-corrected chi connectivity index (χ2v) is 2.95. The van der Waals surface area contributed by atoms with Crippen molar-refractivity contribution < 1.29 is 9.90 Å². The summed E-state index contributed by atoms with van der Waals surface area (Å²) >= 11 is 0. The van der Waals surface area contributed by atoms with Gasteiger partial charge in [-0.2, -0.15) is 0 Å². The highest BCUT2D eigenvalue weighted by Crippen LogP contribution is 2.18. The zero-order chi connectivity index (χ0) is 8.97. The van der Waals surface area contributed by atoms with Crippen LogP contribution in [0.4, 0.5) is 0 Å². The van der Waals surface area contributed by atoms with Gasteiger partial charge in [-0.25, -0.2) is 0 Å². The fourth-order valence-electron chi connectivity index (χ4n) is 1.43. The van der Waals surface area contributed by atoms with Gasteiger partial charge in [0.2, 0.25) is 0 Å². The lowest BCUT2D eigenvalue weighted by molar-refractivity contribution is -0.116. The Morgan fingerprint density at radius 3 is 2.83 bits per heavy atom. The maximum absolute atomic E-state index is 10.9. The van der Waals surface area contributed by atoms with Crippen molar-refractivity contribution in [1.29, 1.82) is 0 Å². The molecule has 1 aliphatic rings. The third kappa shape index (κ3) is 2.24. The normalized spacial score (nSPS) is 27.5. The van der Waals surface area contributed by atoms with Crippen molar-refractivity contribution in [2.24, 2.45) is 0 Å². The van der Waals surface area contributed by atoms with Crippen molar-refractivity contribution in [3.05, 3.63) is 0 Å². The van der Waals surface area contributed by atoms with E-state index < -0.39 is 0 Å². The average Bonchev–Trinajstić information content (AvgIpc) is 2.37. The van der Waals surface area contributed by atoms with Crippen molar-refractivity contribution in [1.82, 2.24) is 5.32 Å². The van der Waals surface area contributed by atoms with E-state index in [1.54, 1.807) is 6.92 Å². The first-order valence-corrected chi connectivity index (χ1v) is 4.15. The second kappa shape index (κ2) is 4.13. The van der Waals surface area contributed by atoms with Gasteiger partial charge in [-0.1, -0.05) is 5.92 Å². The summed E-state index contributed by atoms with van der Waals surface area (Å²) in [6, 6.07) is -0.0849. The zero-order valence-electron chi connectivity index (χ0n) is 7.13. The predicted molar refractivity (Wildman–Crippen MR) is 45.2 cm³/mol. The maximum Gasteiger partial charge on any atom is 0.296 e. The monoisotopic (exact) mass is 167 g/mol. The number of carbonyl (C=O) groups excluding carboxylic acids is 1. The molecule has 0 aromatic heterocycles. The molecular formula is C9H13NO2. The zero-order valence-corrected chi connectivity index (χ0v) is 7.13. The smallest absolute Gasteiger partial charge is 0.296 e. The van der Waals surface area contributed by atoms with Crippen molar-refractivity contribution in [2.45, 2.75) is 38.3 Å². The number of nitrogens with one attached hydrogen (secondary N) is 1. The molecule has 0 heterocycles. The van der Waals surface area contributed by atoms with E-state index in [4.69, 9.17) is 0 Å². The van der Waals surface area contributed by atoms with E-state index in [2.05, 4.69) is 17.2 Å². The van der Waals surface area contributed by atoms with E-state index in [1.807, 2.05) is 0 Å². The fraction of sp³-hybridized carbons (Fsp3) is 0.667. The molecule has 0 spiro atoms. The van der Waals surface area contributed by atoms with Crippen LogP contribution in [0.1, 0.15) is 26.2 Å². The molecule has 3 heteroatoms. The Labute approximate surface area is 72.2 Å². The van der Waals surface area contributed by atoms with Crippen LogP contribution in [0, 0.1) is 11.8 Å². The number of hydrogen-bond acceptors (Lipinski definition) is 2. The fourth-order valence-corrected chi connectivity index (χ4v) is 1.43. The van der Waals surface area contributed by atoms with Gasteiger partial charge in [-0.15, -0.1) is 0 Å². The Kier molecular flexibility index (Phi) is 3.12. The molecular weight excluding hydrogens is 154 g/mol. The molecule has 1 fully saturated rings.